The van der Waals surface area contributed by atoms with Crippen LogP contribution in [0, 0.1) is 0 Å². The monoisotopic (exact) mass is 650 g/mol. The Morgan fingerprint density at radius 3 is 1.12 bits per heavy atom. The zero-order chi connectivity index (χ0) is 35.0. The number of rotatable bonds is 8. The Kier molecular flexibility index (Phi) is 8.08. The van der Waals surface area contributed by atoms with Crippen molar-refractivity contribution in [1.29, 1.82) is 0 Å². The number of hydrogen-bond donors (Lipinski definition) is 0. The Labute approximate surface area is 293 Å². The molecule has 4 aromatic carbocycles. The van der Waals surface area contributed by atoms with Gasteiger partial charge in [-0.15, -0.1) is 0 Å². The molecule has 250 valence electrons. The van der Waals surface area contributed by atoms with E-state index in [0.717, 1.165) is 34.9 Å². The molecule has 0 saturated carbocycles. The van der Waals surface area contributed by atoms with E-state index in [1.165, 1.54) is 33.4 Å². The summed E-state index contributed by atoms with van der Waals surface area (Å²) in [6.07, 6.45) is 5.39. The van der Waals surface area contributed by atoms with E-state index >= 15 is 0 Å². The van der Waals surface area contributed by atoms with Gasteiger partial charge in [0.1, 0.15) is 0 Å². The Morgan fingerprint density at radius 1 is 0.490 bits per heavy atom. The normalized spacial score (nSPS) is 20.6. The zero-order valence-corrected chi connectivity index (χ0v) is 30.4. The van der Waals surface area contributed by atoms with Gasteiger partial charge in [0.05, 0.1) is 22.4 Å². The Balaban J connectivity index is 1.43. The SMILES string of the molecule is C=Cc1ccc(CC2(Cc3ccc(C=C)cc3)c3cc(B4OC(C)(C)C(C)(C)O4)ccc3-c3ccc(B4OC(C)(C)C(C)(C)O4)cc32)cc1. The lowest BCUT2D eigenvalue weighted by Crippen LogP contribution is -2.41. The van der Waals surface area contributed by atoms with Crippen molar-refractivity contribution in [2.45, 2.75) is 96.1 Å². The highest BCUT2D eigenvalue weighted by atomic mass is 16.7. The van der Waals surface area contributed by atoms with Gasteiger partial charge in [0, 0.05) is 5.41 Å². The van der Waals surface area contributed by atoms with E-state index < -0.39 is 42.1 Å². The van der Waals surface area contributed by atoms with Crippen LogP contribution in [0.3, 0.4) is 0 Å². The first-order chi connectivity index (χ1) is 23.1. The fourth-order valence-electron chi connectivity index (χ4n) is 7.47. The van der Waals surface area contributed by atoms with Crippen molar-refractivity contribution < 1.29 is 18.6 Å². The van der Waals surface area contributed by atoms with E-state index in [0.29, 0.717) is 0 Å². The predicted molar refractivity (Wildman–Crippen MR) is 205 cm³/mol. The van der Waals surface area contributed by atoms with Crippen LogP contribution >= 0.6 is 0 Å². The van der Waals surface area contributed by atoms with Crippen LogP contribution in [0.5, 0.6) is 0 Å². The molecule has 2 heterocycles. The minimum absolute atomic E-state index is 0.407. The number of hydrogen-bond acceptors (Lipinski definition) is 4. The van der Waals surface area contributed by atoms with Gasteiger partial charge >= 0.3 is 14.2 Å². The fourth-order valence-corrected chi connectivity index (χ4v) is 7.47. The summed E-state index contributed by atoms with van der Waals surface area (Å²) in [5, 5.41) is 0. The van der Waals surface area contributed by atoms with Crippen LogP contribution in [0.25, 0.3) is 23.3 Å². The molecule has 0 unspecified atom stereocenters. The predicted octanol–water partition coefficient (Wildman–Crippen LogP) is 8.32. The summed E-state index contributed by atoms with van der Waals surface area (Å²) in [6, 6.07) is 31.2. The van der Waals surface area contributed by atoms with Gasteiger partial charge in [-0.3, -0.25) is 0 Å². The van der Waals surface area contributed by atoms with Crippen LogP contribution in [0.1, 0.15) is 88.8 Å². The Bertz CT molecular complexity index is 1750. The summed E-state index contributed by atoms with van der Waals surface area (Å²) in [6.45, 7) is 24.8. The Hall–Kier alpha value is -3.67. The second-order valence-electron chi connectivity index (χ2n) is 16.1. The molecule has 49 heavy (non-hydrogen) atoms. The molecular weight excluding hydrogens is 602 g/mol. The second kappa shape index (κ2) is 11.7. The standard InChI is InChI=1S/C43H48B2O4/c1-11-29-13-17-31(18-14-29)27-43(28-32-19-15-30(12-2)16-20-32)37-25-33(44-46-39(3,4)40(5,6)47-44)21-23-35(37)36-24-22-34(26-38(36)43)45-48-41(7,8)42(9,10)49-45/h11-26H,1-2,27-28H2,3-10H3. The molecule has 2 fully saturated rings. The molecule has 0 atom stereocenters. The molecule has 0 radical (unpaired) electrons. The van der Waals surface area contributed by atoms with E-state index in [-0.39, 0.29) is 0 Å². The lowest BCUT2D eigenvalue weighted by molar-refractivity contribution is 0.00578. The molecule has 0 spiro atoms. The summed E-state index contributed by atoms with van der Waals surface area (Å²) in [5.41, 5.74) is 9.68. The maximum Gasteiger partial charge on any atom is 0.494 e. The molecule has 2 saturated heterocycles. The van der Waals surface area contributed by atoms with Crippen molar-refractivity contribution in [3.63, 3.8) is 0 Å². The summed E-state index contributed by atoms with van der Waals surface area (Å²) >= 11 is 0. The molecule has 3 aliphatic rings. The van der Waals surface area contributed by atoms with Gasteiger partial charge in [-0.2, -0.15) is 0 Å². The quantitative estimate of drug-likeness (QED) is 0.180. The van der Waals surface area contributed by atoms with Crippen molar-refractivity contribution in [2.24, 2.45) is 0 Å². The van der Waals surface area contributed by atoms with Gasteiger partial charge in [0.25, 0.3) is 0 Å². The van der Waals surface area contributed by atoms with Crippen molar-refractivity contribution in [3.8, 4) is 11.1 Å². The third-order valence-electron chi connectivity index (χ3n) is 11.9. The van der Waals surface area contributed by atoms with Crippen molar-refractivity contribution in [2.75, 3.05) is 0 Å². The minimum Gasteiger partial charge on any atom is -0.399 e. The van der Waals surface area contributed by atoms with E-state index in [1.54, 1.807) is 0 Å². The number of benzene rings is 4. The van der Waals surface area contributed by atoms with E-state index in [1.807, 2.05) is 12.2 Å². The van der Waals surface area contributed by atoms with Gasteiger partial charge in [-0.25, -0.2) is 0 Å². The topological polar surface area (TPSA) is 36.9 Å². The first-order valence-electron chi connectivity index (χ1n) is 17.5. The Morgan fingerprint density at radius 2 is 0.816 bits per heavy atom. The zero-order valence-electron chi connectivity index (χ0n) is 30.4. The summed E-state index contributed by atoms with van der Waals surface area (Å²) in [5.74, 6) is 0. The average molecular weight is 650 g/mol. The van der Waals surface area contributed by atoms with Crippen molar-refractivity contribution in [3.05, 3.63) is 131 Å². The molecule has 4 nitrogen and oxygen atoms in total. The van der Waals surface area contributed by atoms with Gasteiger partial charge in [-0.1, -0.05) is 110 Å². The van der Waals surface area contributed by atoms with Crippen LogP contribution in [0.2, 0.25) is 0 Å². The van der Waals surface area contributed by atoms with E-state index in [9.17, 15) is 0 Å². The van der Waals surface area contributed by atoms with Crippen LogP contribution in [0.4, 0.5) is 0 Å². The highest BCUT2D eigenvalue weighted by Crippen LogP contribution is 2.52. The van der Waals surface area contributed by atoms with Gasteiger partial charge in [-0.05, 0) is 124 Å². The molecule has 0 aromatic heterocycles. The van der Waals surface area contributed by atoms with Gasteiger partial charge < -0.3 is 18.6 Å². The third kappa shape index (κ3) is 5.67. The van der Waals surface area contributed by atoms with Crippen LogP contribution in [0.15, 0.2) is 98.1 Å². The minimum atomic E-state index is -0.462. The van der Waals surface area contributed by atoms with Gasteiger partial charge in [0.15, 0.2) is 0 Å². The molecule has 0 amide bonds. The summed E-state index contributed by atoms with van der Waals surface area (Å²) in [7, 11) is -0.924. The van der Waals surface area contributed by atoms with Gasteiger partial charge in [0.2, 0.25) is 0 Å². The largest absolute Gasteiger partial charge is 0.494 e. The highest BCUT2D eigenvalue weighted by molar-refractivity contribution is 6.62. The molecule has 6 heteroatoms. The third-order valence-corrected chi connectivity index (χ3v) is 11.9. The molecular formula is C43H48B2O4. The average Bonchev–Trinajstić information content (AvgIpc) is 3.55. The maximum atomic E-state index is 6.59. The van der Waals surface area contributed by atoms with E-state index in [4.69, 9.17) is 18.6 Å². The fraction of sp³-hybridized carbons (Fsp3) is 0.349. The smallest absolute Gasteiger partial charge is 0.399 e. The van der Waals surface area contributed by atoms with Crippen LogP contribution in [-0.4, -0.2) is 36.6 Å². The lowest BCUT2D eigenvalue weighted by atomic mass is 9.66. The molecule has 4 aromatic rings. The van der Waals surface area contributed by atoms with E-state index in [2.05, 4.69) is 153 Å². The summed E-state index contributed by atoms with van der Waals surface area (Å²) < 4.78 is 26.4. The summed E-state index contributed by atoms with van der Waals surface area (Å²) in [4.78, 5) is 0. The molecule has 2 aliphatic heterocycles. The second-order valence-corrected chi connectivity index (χ2v) is 16.1. The lowest BCUT2D eigenvalue weighted by Gasteiger charge is -2.34. The van der Waals surface area contributed by atoms with Crippen molar-refractivity contribution >= 4 is 37.3 Å². The highest BCUT2D eigenvalue weighted by Gasteiger charge is 2.54. The van der Waals surface area contributed by atoms with Crippen LogP contribution in [-0.2, 0) is 36.9 Å². The number of fused-ring (bicyclic) bond motifs is 3. The first kappa shape index (κ1) is 33.8. The molecule has 0 N–H and O–H groups in total. The maximum absolute atomic E-state index is 6.59. The molecule has 0 bridgehead atoms. The molecule has 1 aliphatic carbocycles. The first-order valence-corrected chi connectivity index (χ1v) is 17.5. The van der Waals surface area contributed by atoms with Crippen LogP contribution < -0.4 is 10.9 Å². The molecule has 7 rings (SSSR count). The van der Waals surface area contributed by atoms with Crippen molar-refractivity contribution in [1.82, 2.24) is 0 Å².